The van der Waals surface area contributed by atoms with Gasteiger partial charge in [-0.05, 0) is 50.3 Å². The van der Waals surface area contributed by atoms with E-state index in [4.69, 9.17) is 4.74 Å². The van der Waals surface area contributed by atoms with Gasteiger partial charge in [-0.15, -0.1) is 5.10 Å². The quantitative estimate of drug-likeness (QED) is 0.663. The van der Waals surface area contributed by atoms with Gasteiger partial charge in [0.2, 0.25) is 5.91 Å². The summed E-state index contributed by atoms with van der Waals surface area (Å²) in [4.78, 5) is 28.9. The number of carbonyl (C=O) groups is 2. The third-order valence-corrected chi connectivity index (χ3v) is 5.61. The minimum absolute atomic E-state index is 0.0926. The van der Waals surface area contributed by atoms with Crippen molar-refractivity contribution in [3.05, 3.63) is 41.7 Å². The molecular weight excluding hydrogens is 382 g/mol. The molecule has 1 atom stereocenters. The zero-order valence-corrected chi connectivity index (χ0v) is 18.1. The Bertz CT molecular complexity index is 862. The fourth-order valence-electron chi connectivity index (χ4n) is 3.93. The molecule has 2 heterocycles. The summed E-state index contributed by atoms with van der Waals surface area (Å²) in [6.45, 7) is 7.33. The molecular formula is C22H31N5O3. The summed E-state index contributed by atoms with van der Waals surface area (Å²) in [6, 6.07) is 7.64. The average Bonchev–Trinajstić information content (AvgIpc) is 3.23. The number of piperidine rings is 1. The van der Waals surface area contributed by atoms with Crippen LogP contribution in [-0.4, -0.2) is 69.9 Å². The monoisotopic (exact) mass is 413 g/mol. The van der Waals surface area contributed by atoms with Crippen LogP contribution in [-0.2, 0) is 17.8 Å². The highest BCUT2D eigenvalue weighted by molar-refractivity contribution is 5.91. The number of hydrogen-bond donors (Lipinski definition) is 0. The van der Waals surface area contributed by atoms with E-state index in [0.29, 0.717) is 44.2 Å². The maximum atomic E-state index is 12.8. The molecule has 0 radical (unpaired) electrons. The van der Waals surface area contributed by atoms with Gasteiger partial charge in [0.15, 0.2) is 5.69 Å². The molecule has 1 aliphatic rings. The van der Waals surface area contributed by atoms with Crippen molar-refractivity contribution >= 4 is 11.8 Å². The molecule has 1 fully saturated rings. The van der Waals surface area contributed by atoms with E-state index in [0.717, 1.165) is 30.7 Å². The summed E-state index contributed by atoms with van der Waals surface area (Å²) < 4.78 is 6.98. The van der Waals surface area contributed by atoms with Gasteiger partial charge in [0.1, 0.15) is 5.75 Å². The summed E-state index contributed by atoms with van der Waals surface area (Å²) in [5.41, 5.74) is 1.33. The molecule has 0 bridgehead atoms. The van der Waals surface area contributed by atoms with E-state index >= 15 is 0 Å². The fourth-order valence-corrected chi connectivity index (χ4v) is 3.93. The van der Waals surface area contributed by atoms with Gasteiger partial charge >= 0.3 is 0 Å². The smallest absolute Gasteiger partial charge is 0.276 e. The SMILES string of the molecule is CCN(CC)C(=O)c1cn(CC2CCCN(C(=O)Cc3cccc(OC)c3)C2)nn1. The van der Waals surface area contributed by atoms with Crippen LogP contribution in [0.1, 0.15) is 42.7 Å². The number of nitrogens with zero attached hydrogens (tertiary/aromatic N) is 5. The summed E-state index contributed by atoms with van der Waals surface area (Å²) in [6.07, 6.45) is 4.09. The van der Waals surface area contributed by atoms with Crippen molar-refractivity contribution in [3.63, 3.8) is 0 Å². The van der Waals surface area contributed by atoms with Crippen LogP contribution >= 0.6 is 0 Å². The molecule has 1 aliphatic heterocycles. The number of ether oxygens (including phenoxy) is 1. The third kappa shape index (κ3) is 5.37. The summed E-state index contributed by atoms with van der Waals surface area (Å²) in [5, 5.41) is 8.19. The van der Waals surface area contributed by atoms with Crippen molar-refractivity contribution < 1.29 is 14.3 Å². The number of carbonyl (C=O) groups excluding carboxylic acids is 2. The molecule has 1 aromatic heterocycles. The van der Waals surface area contributed by atoms with E-state index < -0.39 is 0 Å². The average molecular weight is 414 g/mol. The number of benzene rings is 1. The van der Waals surface area contributed by atoms with Crippen molar-refractivity contribution in [1.82, 2.24) is 24.8 Å². The molecule has 0 N–H and O–H groups in total. The predicted molar refractivity (Wildman–Crippen MR) is 113 cm³/mol. The van der Waals surface area contributed by atoms with Crippen LogP contribution < -0.4 is 4.74 Å². The third-order valence-electron chi connectivity index (χ3n) is 5.61. The Balaban J connectivity index is 1.57. The lowest BCUT2D eigenvalue weighted by Crippen LogP contribution is -2.41. The van der Waals surface area contributed by atoms with E-state index in [1.54, 1.807) is 22.9 Å². The molecule has 0 saturated carbocycles. The van der Waals surface area contributed by atoms with Gasteiger partial charge < -0.3 is 14.5 Å². The molecule has 0 aliphatic carbocycles. The first kappa shape index (κ1) is 21.8. The van der Waals surface area contributed by atoms with Gasteiger partial charge in [-0.1, -0.05) is 17.3 Å². The standard InChI is InChI=1S/C22H31N5O3/c1-4-25(5-2)22(29)20-16-27(24-23-20)15-18-9-7-11-26(14-18)21(28)13-17-8-6-10-19(12-17)30-3/h6,8,10,12,16,18H,4-5,7,9,11,13-15H2,1-3H3. The van der Waals surface area contributed by atoms with Crippen LogP contribution in [0.15, 0.2) is 30.5 Å². The van der Waals surface area contributed by atoms with Gasteiger partial charge in [0.25, 0.3) is 5.91 Å². The molecule has 1 unspecified atom stereocenters. The van der Waals surface area contributed by atoms with Crippen molar-refractivity contribution in [2.24, 2.45) is 5.92 Å². The maximum absolute atomic E-state index is 12.8. The minimum atomic E-state index is -0.0926. The highest BCUT2D eigenvalue weighted by Crippen LogP contribution is 2.20. The highest BCUT2D eigenvalue weighted by Gasteiger charge is 2.25. The summed E-state index contributed by atoms with van der Waals surface area (Å²) in [7, 11) is 1.63. The van der Waals surface area contributed by atoms with Crippen LogP contribution in [0.4, 0.5) is 0 Å². The molecule has 3 rings (SSSR count). The number of hydrogen-bond acceptors (Lipinski definition) is 5. The van der Waals surface area contributed by atoms with Crippen LogP contribution in [0.3, 0.4) is 0 Å². The topological polar surface area (TPSA) is 80.6 Å². The van der Waals surface area contributed by atoms with Crippen LogP contribution in [0.5, 0.6) is 5.75 Å². The van der Waals surface area contributed by atoms with E-state index in [2.05, 4.69) is 10.3 Å². The molecule has 162 valence electrons. The van der Waals surface area contributed by atoms with Crippen molar-refractivity contribution in [3.8, 4) is 5.75 Å². The van der Waals surface area contributed by atoms with E-state index in [-0.39, 0.29) is 11.8 Å². The number of likely N-dealkylation sites (tertiary alicyclic amines) is 1. The van der Waals surface area contributed by atoms with Gasteiger partial charge in [0.05, 0.1) is 19.7 Å². The fraction of sp³-hybridized carbons (Fsp3) is 0.545. The molecule has 0 spiro atoms. The van der Waals surface area contributed by atoms with Crippen molar-refractivity contribution in [1.29, 1.82) is 0 Å². The second kappa shape index (κ2) is 10.2. The molecule has 8 heteroatoms. The van der Waals surface area contributed by atoms with Crippen molar-refractivity contribution in [2.75, 3.05) is 33.3 Å². The van der Waals surface area contributed by atoms with Gasteiger partial charge in [-0.2, -0.15) is 0 Å². The lowest BCUT2D eigenvalue weighted by Gasteiger charge is -2.32. The zero-order valence-electron chi connectivity index (χ0n) is 18.1. The highest BCUT2D eigenvalue weighted by atomic mass is 16.5. The van der Waals surface area contributed by atoms with E-state index in [1.807, 2.05) is 43.0 Å². The Morgan fingerprint density at radius 1 is 1.27 bits per heavy atom. The normalized spacial score (nSPS) is 16.4. The minimum Gasteiger partial charge on any atom is -0.497 e. The predicted octanol–water partition coefficient (Wildman–Crippen LogP) is 2.25. The first-order valence-electron chi connectivity index (χ1n) is 10.6. The molecule has 30 heavy (non-hydrogen) atoms. The molecule has 1 saturated heterocycles. The van der Waals surface area contributed by atoms with Gasteiger partial charge in [-0.25, -0.2) is 0 Å². The van der Waals surface area contributed by atoms with Crippen molar-refractivity contribution in [2.45, 2.75) is 39.7 Å². The Kier molecular flexibility index (Phi) is 7.43. The zero-order chi connectivity index (χ0) is 21.5. The second-order valence-corrected chi connectivity index (χ2v) is 7.68. The Hall–Kier alpha value is -2.90. The molecule has 2 aromatic rings. The largest absolute Gasteiger partial charge is 0.497 e. The van der Waals surface area contributed by atoms with Crippen LogP contribution in [0.2, 0.25) is 0 Å². The number of rotatable bonds is 8. The molecule has 1 aromatic carbocycles. The number of amides is 2. The Morgan fingerprint density at radius 3 is 2.80 bits per heavy atom. The first-order chi connectivity index (χ1) is 14.5. The van der Waals surface area contributed by atoms with Gasteiger partial charge in [-0.3, -0.25) is 14.3 Å². The Labute approximate surface area is 177 Å². The van der Waals surface area contributed by atoms with E-state index in [9.17, 15) is 9.59 Å². The lowest BCUT2D eigenvalue weighted by atomic mass is 9.97. The number of methoxy groups -OCH3 is 1. The molecule has 8 nitrogen and oxygen atoms in total. The maximum Gasteiger partial charge on any atom is 0.276 e. The first-order valence-corrected chi connectivity index (χ1v) is 10.6. The van der Waals surface area contributed by atoms with E-state index in [1.165, 1.54) is 0 Å². The van der Waals surface area contributed by atoms with Gasteiger partial charge in [0, 0.05) is 32.7 Å². The number of aromatic nitrogens is 3. The lowest BCUT2D eigenvalue weighted by molar-refractivity contribution is -0.132. The second-order valence-electron chi connectivity index (χ2n) is 7.68. The Morgan fingerprint density at radius 2 is 2.07 bits per heavy atom. The summed E-state index contributed by atoms with van der Waals surface area (Å²) in [5.74, 6) is 1.10. The van der Waals surface area contributed by atoms with Crippen LogP contribution in [0, 0.1) is 5.92 Å². The molecule has 2 amide bonds. The van der Waals surface area contributed by atoms with Crippen LogP contribution in [0.25, 0.3) is 0 Å². The summed E-state index contributed by atoms with van der Waals surface area (Å²) >= 11 is 0.